The van der Waals surface area contributed by atoms with E-state index in [2.05, 4.69) is 6.08 Å². The van der Waals surface area contributed by atoms with Crippen molar-refractivity contribution in [3.8, 4) is 0 Å². The third kappa shape index (κ3) is 6.77. The number of esters is 1. The van der Waals surface area contributed by atoms with E-state index in [1.807, 2.05) is 13.8 Å². The quantitative estimate of drug-likeness (QED) is 0.361. The van der Waals surface area contributed by atoms with Crippen LogP contribution < -0.4 is 0 Å². The van der Waals surface area contributed by atoms with Crippen LogP contribution in [0.1, 0.15) is 46.5 Å². The summed E-state index contributed by atoms with van der Waals surface area (Å²) in [6.07, 6.45) is 5.44. The molecule has 4 nitrogen and oxygen atoms in total. The Balaban J connectivity index is 2.44. The van der Waals surface area contributed by atoms with Crippen molar-refractivity contribution in [1.82, 2.24) is 0 Å². The average molecular weight is 256 g/mol. The van der Waals surface area contributed by atoms with E-state index in [-0.39, 0.29) is 18.4 Å². The zero-order chi connectivity index (χ0) is 13.4. The van der Waals surface area contributed by atoms with Crippen LogP contribution in [0.25, 0.3) is 0 Å². The molecule has 1 unspecified atom stereocenters. The summed E-state index contributed by atoms with van der Waals surface area (Å²) in [7, 11) is 0. The highest BCUT2D eigenvalue weighted by atomic mass is 16.7. The molecule has 1 saturated carbocycles. The first-order valence-electron chi connectivity index (χ1n) is 6.74. The second-order valence-electron chi connectivity index (χ2n) is 4.41. The molecule has 4 heteroatoms. The second kappa shape index (κ2) is 8.27. The molecule has 0 radical (unpaired) electrons. The van der Waals surface area contributed by atoms with Gasteiger partial charge in [0.15, 0.2) is 6.29 Å². The molecule has 1 fully saturated rings. The molecule has 0 saturated heterocycles. The van der Waals surface area contributed by atoms with Gasteiger partial charge in [-0.15, -0.1) is 0 Å². The lowest BCUT2D eigenvalue weighted by atomic mass is 10.1. The van der Waals surface area contributed by atoms with Gasteiger partial charge in [0, 0.05) is 33.0 Å². The van der Waals surface area contributed by atoms with Gasteiger partial charge in [0.25, 0.3) is 0 Å². The first-order chi connectivity index (χ1) is 8.65. The van der Waals surface area contributed by atoms with Crippen LogP contribution in [0.2, 0.25) is 0 Å². The molecule has 0 amide bonds. The summed E-state index contributed by atoms with van der Waals surface area (Å²) < 4.78 is 16.3. The molecule has 0 heterocycles. The Labute approximate surface area is 109 Å². The van der Waals surface area contributed by atoms with Gasteiger partial charge in [0.05, 0.1) is 0 Å². The lowest BCUT2D eigenvalue weighted by Gasteiger charge is -2.22. The molecular weight excluding hydrogens is 232 g/mol. The zero-order valence-corrected chi connectivity index (χ0v) is 11.6. The first-order valence-corrected chi connectivity index (χ1v) is 6.74. The van der Waals surface area contributed by atoms with Gasteiger partial charge in [-0.25, -0.2) is 0 Å². The number of hydrogen-bond donors (Lipinski definition) is 0. The van der Waals surface area contributed by atoms with Crippen molar-refractivity contribution < 1.29 is 19.0 Å². The van der Waals surface area contributed by atoms with Gasteiger partial charge in [-0.2, -0.15) is 0 Å². The fourth-order valence-corrected chi connectivity index (χ4v) is 1.77. The van der Waals surface area contributed by atoms with Gasteiger partial charge in [-0.1, -0.05) is 11.6 Å². The maximum Gasteiger partial charge on any atom is 0.302 e. The lowest BCUT2D eigenvalue weighted by molar-refractivity contribution is -0.167. The second-order valence-corrected chi connectivity index (χ2v) is 4.41. The van der Waals surface area contributed by atoms with E-state index >= 15 is 0 Å². The van der Waals surface area contributed by atoms with Gasteiger partial charge in [0.2, 0.25) is 0 Å². The Kier molecular flexibility index (Phi) is 6.98. The summed E-state index contributed by atoms with van der Waals surface area (Å²) in [6, 6.07) is 0. The summed E-state index contributed by atoms with van der Waals surface area (Å²) >= 11 is 0. The van der Waals surface area contributed by atoms with Crippen molar-refractivity contribution in [2.24, 2.45) is 0 Å². The van der Waals surface area contributed by atoms with Crippen molar-refractivity contribution >= 4 is 5.97 Å². The topological polar surface area (TPSA) is 44.8 Å². The van der Waals surface area contributed by atoms with Crippen molar-refractivity contribution in [2.75, 3.05) is 13.2 Å². The van der Waals surface area contributed by atoms with Crippen molar-refractivity contribution in [2.45, 2.75) is 58.8 Å². The Morgan fingerprint density at radius 1 is 1.28 bits per heavy atom. The van der Waals surface area contributed by atoms with Crippen LogP contribution >= 0.6 is 0 Å². The first kappa shape index (κ1) is 15.2. The van der Waals surface area contributed by atoms with Crippen LogP contribution in [0.15, 0.2) is 11.6 Å². The van der Waals surface area contributed by atoms with Gasteiger partial charge in [0.1, 0.15) is 6.10 Å². The number of ether oxygens (including phenoxy) is 3. The molecule has 0 aromatic heterocycles. The highest BCUT2D eigenvalue weighted by Crippen LogP contribution is 2.29. The molecule has 1 atom stereocenters. The van der Waals surface area contributed by atoms with Crippen molar-refractivity contribution in [1.29, 1.82) is 0 Å². The Hall–Kier alpha value is -0.870. The molecular formula is C14H24O4. The standard InChI is InChI=1S/C14H24O4/c1-4-16-14(17-5-2)10-13(18-11(3)15)9-8-12-6-7-12/h8,13-14H,4-7,9-10H2,1-3H3. The molecule has 104 valence electrons. The van der Waals surface area contributed by atoms with Crippen LogP contribution in [0.5, 0.6) is 0 Å². The molecule has 0 bridgehead atoms. The fraction of sp³-hybridized carbons (Fsp3) is 0.786. The monoisotopic (exact) mass is 256 g/mol. The minimum atomic E-state index is -0.290. The molecule has 1 aliphatic carbocycles. The predicted molar refractivity (Wildman–Crippen MR) is 69.1 cm³/mol. The van der Waals surface area contributed by atoms with Gasteiger partial charge >= 0.3 is 5.97 Å². The summed E-state index contributed by atoms with van der Waals surface area (Å²) in [5.41, 5.74) is 1.46. The number of rotatable bonds is 9. The van der Waals surface area contributed by atoms with Crippen LogP contribution in [-0.2, 0) is 19.0 Å². The maximum atomic E-state index is 11.1. The molecule has 0 spiro atoms. The molecule has 0 N–H and O–H groups in total. The molecule has 0 aromatic carbocycles. The summed E-state index contributed by atoms with van der Waals surface area (Å²) in [6.45, 7) is 6.49. The van der Waals surface area contributed by atoms with Gasteiger partial charge < -0.3 is 14.2 Å². The number of carbonyl (C=O) groups excluding carboxylic acids is 1. The summed E-state index contributed by atoms with van der Waals surface area (Å²) in [5.74, 6) is -0.249. The van der Waals surface area contributed by atoms with Gasteiger partial charge in [-0.05, 0) is 26.7 Å². The molecule has 1 aliphatic rings. The van der Waals surface area contributed by atoms with Crippen LogP contribution in [0.3, 0.4) is 0 Å². The third-order valence-corrected chi connectivity index (χ3v) is 2.70. The highest BCUT2D eigenvalue weighted by molar-refractivity contribution is 5.66. The Bertz CT molecular complexity index is 274. The zero-order valence-electron chi connectivity index (χ0n) is 11.6. The number of allylic oxidation sites excluding steroid dienone is 1. The SMILES string of the molecule is CCOC(CC(CC=C1CC1)OC(C)=O)OCC. The molecule has 18 heavy (non-hydrogen) atoms. The van der Waals surface area contributed by atoms with Crippen molar-refractivity contribution in [3.05, 3.63) is 11.6 Å². The smallest absolute Gasteiger partial charge is 0.302 e. The average Bonchev–Trinajstić information content (AvgIpc) is 3.09. The lowest BCUT2D eigenvalue weighted by Crippen LogP contribution is -2.27. The normalized spacial score (nSPS) is 15.7. The Morgan fingerprint density at radius 3 is 2.33 bits per heavy atom. The molecule has 1 rings (SSSR count). The van der Waals surface area contributed by atoms with E-state index in [4.69, 9.17) is 14.2 Å². The maximum absolute atomic E-state index is 11.1. The van der Waals surface area contributed by atoms with Crippen molar-refractivity contribution in [3.63, 3.8) is 0 Å². The van der Waals surface area contributed by atoms with Crippen LogP contribution in [0, 0.1) is 0 Å². The predicted octanol–water partition coefficient (Wildman–Crippen LogP) is 2.82. The van der Waals surface area contributed by atoms with E-state index in [0.717, 1.165) is 6.42 Å². The van der Waals surface area contributed by atoms with E-state index in [1.54, 1.807) is 0 Å². The molecule has 0 aliphatic heterocycles. The summed E-state index contributed by atoms with van der Waals surface area (Å²) in [4.78, 5) is 11.1. The number of hydrogen-bond acceptors (Lipinski definition) is 4. The fourth-order valence-electron chi connectivity index (χ4n) is 1.77. The van der Waals surface area contributed by atoms with E-state index in [9.17, 15) is 4.79 Å². The minimum absolute atomic E-state index is 0.154. The third-order valence-electron chi connectivity index (χ3n) is 2.70. The van der Waals surface area contributed by atoms with Crippen LogP contribution in [-0.4, -0.2) is 31.6 Å². The minimum Gasteiger partial charge on any atom is -0.462 e. The van der Waals surface area contributed by atoms with Gasteiger partial charge in [-0.3, -0.25) is 4.79 Å². The molecule has 0 aromatic rings. The van der Waals surface area contributed by atoms with E-state index in [1.165, 1.54) is 25.3 Å². The summed E-state index contributed by atoms with van der Waals surface area (Å²) in [5, 5.41) is 0. The number of carbonyl (C=O) groups is 1. The Morgan fingerprint density at radius 2 is 1.89 bits per heavy atom. The van der Waals surface area contributed by atoms with E-state index in [0.29, 0.717) is 19.6 Å². The van der Waals surface area contributed by atoms with Crippen LogP contribution in [0.4, 0.5) is 0 Å². The largest absolute Gasteiger partial charge is 0.462 e. The highest BCUT2D eigenvalue weighted by Gasteiger charge is 2.20. The van der Waals surface area contributed by atoms with E-state index < -0.39 is 0 Å².